The first-order valence-electron chi connectivity index (χ1n) is 16.7. The number of carbonyl (C=O) groups excluding carboxylic acids is 2. The molecule has 3 atom stereocenters. The van der Waals surface area contributed by atoms with E-state index in [4.69, 9.17) is 14.2 Å². The van der Waals surface area contributed by atoms with Crippen molar-refractivity contribution in [3.05, 3.63) is 108 Å². The molecule has 0 aliphatic heterocycles. The molecular formula is C41H48N2O5. The molecule has 1 aliphatic carbocycles. The highest BCUT2D eigenvalue weighted by molar-refractivity contribution is 5.88. The summed E-state index contributed by atoms with van der Waals surface area (Å²) in [5, 5.41) is 6.03. The van der Waals surface area contributed by atoms with E-state index in [0.29, 0.717) is 40.7 Å². The standard InChI is InChI=1S/C41H48N2O5/c1-27-24-37(38(26-40(3,4)25-27)30-8-16-33(46-7)17-9-30)29-10-18-36(19-11-29)48-39(45)41(5,6)43-32-14-22-35(23-15-32)47-34-20-12-31(13-21-34)42-28(2)44/h8-23,27,37-38,43H,24-26H2,1-7H3,(H,42,44). The van der Waals surface area contributed by atoms with Crippen LogP contribution in [-0.2, 0) is 9.59 Å². The molecule has 0 spiro atoms. The summed E-state index contributed by atoms with van der Waals surface area (Å²) in [6.07, 6.45) is 3.40. The lowest BCUT2D eigenvalue weighted by Crippen LogP contribution is -2.43. The molecular weight excluding hydrogens is 600 g/mol. The SMILES string of the molecule is COc1ccc(C2CC(C)(C)CC(C)CC2c2ccc(OC(=O)C(C)(C)Nc3ccc(Oc4ccc(NC(C)=O)cc4)cc3)cc2)cc1. The lowest BCUT2D eigenvalue weighted by Gasteiger charge is -2.31. The summed E-state index contributed by atoms with van der Waals surface area (Å²) >= 11 is 0. The van der Waals surface area contributed by atoms with Crippen LogP contribution in [0.1, 0.15) is 83.8 Å². The fourth-order valence-corrected chi connectivity index (χ4v) is 7.00. The highest BCUT2D eigenvalue weighted by atomic mass is 16.5. The molecule has 3 unspecified atom stereocenters. The molecule has 0 radical (unpaired) electrons. The molecule has 1 amide bonds. The predicted octanol–water partition coefficient (Wildman–Crippen LogP) is 9.96. The third-order valence-electron chi connectivity index (χ3n) is 9.11. The maximum atomic E-state index is 13.3. The number of carbonyl (C=O) groups is 2. The number of nitrogens with one attached hydrogen (secondary N) is 2. The monoisotopic (exact) mass is 648 g/mol. The van der Waals surface area contributed by atoms with Crippen LogP contribution >= 0.6 is 0 Å². The van der Waals surface area contributed by atoms with E-state index in [-0.39, 0.29) is 17.3 Å². The molecule has 1 aliphatic rings. The number of ether oxygens (including phenoxy) is 3. The van der Waals surface area contributed by atoms with Gasteiger partial charge < -0.3 is 24.8 Å². The minimum absolute atomic E-state index is 0.125. The quantitative estimate of drug-likeness (QED) is 0.101. The van der Waals surface area contributed by atoms with Gasteiger partial charge in [-0.25, -0.2) is 4.79 Å². The van der Waals surface area contributed by atoms with Gasteiger partial charge in [0.15, 0.2) is 0 Å². The Kier molecular flexibility index (Phi) is 10.5. The number of hydrogen-bond donors (Lipinski definition) is 2. The van der Waals surface area contributed by atoms with E-state index in [9.17, 15) is 9.59 Å². The Bertz CT molecular complexity index is 1680. The molecule has 0 aromatic heterocycles. The summed E-state index contributed by atoms with van der Waals surface area (Å²) in [5.74, 6) is 3.51. The minimum Gasteiger partial charge on any atom is -0.497 e. The number of anilines is 2. The van der Waals surface area contributed by atoms with E-state index in [0.717, 1.165) is 24.3 Å². The van der Waals surface area contributed by atoms with Crippen molar-refractivity contribution in [2.75, 3.05) is 17.7 Å². The minimum atomic E-state index is -0.984. The van der Waals surface area contributed by atoms with Crippen molar-refractivity contribution < 1.29 is 23.8 Å². The van der Waals surface area contributed by atoms with Crippen LogP contribution in [0.15, 0.2) is 97.1 Å². The highest BCUT2D eigenvalue weighted by Gasteiger charge is 2.37. The number of rotatable bonds is 10. The maximum Gasteiger partial charge on any atom is 0.336 e. The Morgan fingerprint density at radius 2 is 1.21 bits per heavy atom. The second-order valence-corrected chi connectivity index (χ2v) is 14.4. The summed E-state index contributed by atoms with van der Waals surface area (Å²) in [6, 6.07) is 31.2. The van der Waals surface area contributed by atoms with Gasteiger partial charge >= 0.3 is 5.97 Å². The van der Waals surface area contributed by atoms with Crippen molar-refractivity contribution in [1.82, 2.24) is 0 Å². The second-order valence-electron chi connectivity index (χ2n) is 14.4. The first kappa shape index (κ1) is 34.6. The van der Waals surface area contributed by atoms with E-state index in [2.05, 4.69) is 67.8 Å². The Morgan fingerprint density at radius 1 is 0.708 bits per heavy atom. The molecule has 4 aromatic carbocycles. The van der Waals surface area contributed by atoms with Crippen LogP contribution in [0.2, 0.25) is 0 Å². The van der Waals surface area contributed by atoms with E-state index in [1.807, 2.05) is 36.4 Å². The average molecular weight is 649 g/mol. The molecule has 252 valence electrons. The second kappa shape index (κ2) is 14.5. The van der Waals surface area contributed by atoms with Crippen LogP contribution in [0.5, 0.6) is 23.0 Å². The van der Waals surface area contributed by atoms with Crippen molar-refractivity contribution in [1.29, 1.82) is 0 Å². The molecule has 0 heterocycles. The van der Waals surface area contributed by atoms with Crippen molar-refractivity contribution in [2.45, 2.75) is 78.2 Å². The number of amides is 1. The van der Waals surface area contributed by atoms with Crippen LogP contribution in [0.3, 0.4) is 0 Å². The Hall–Kier alpha value is -4.78. The van der Waals surface area contributed by atoms with Crippen molar-refractivity contribution in [3.8, 4) is 23.0 Å². The Labute approximate surface area is 285 Å². The molecule has 2 N–H and O–H groups in total. The van der Waals surface area contributed by atoms with Crippen LogP contribution in [0.25, 0.3) is 0 Å². The van der Waals surface area contributed by atoms with E-state index in [1.165, 1.54) is 24.5 Å². The predicted molar refractivity (Wildman–Crippen MR) is 192 cm³/mol. The summed E-state index contributed by atoms with van der Waals surface area (Å²) in [4.78, 5) is 24.6. The average Bonchev–Trinajstić information content (AvgIpc) is 3.17. The number of methoxy groups -OCH3 is 1. The molecule has 4 aromatic rings. The van der Waals surface area contributed by atoms with Gasteiger partial charge in [-0.1, -0.05) is 45.0 Å². The molecule has 0 saturated heterocycles. The molecule has 7 nitrogen and oxygen atoms in total. The largest absolute Gasteiger partial charge is 0.497 e. The zero-order chi connectivity index (χ0) is 34.5. The van der Waals surface area contributed by atoms with E-state index >= 15 is 0 Å². The van der Waals surface area contributed by atoms with Gasteiger partial charge in [-0.2, -0.15) is 0 Å². The summed E-state index contributed by atoms with van der Waals surface area (Å²) < 4.78 is 17.2. The van der Waals surface area contributed by atoms with Gasteiger partial charge in [-0.3, -0.25) is 4.79 Å². The normalized spacial score (nSPS) is 19.0. The topological polar surface area (TPSA) is 85.9 Å². The smallest absolute Gasteiger partial charge is 0.336 e. The fourth-order valence-electron chi connectivity index (χ4n) is 7.00. The lowest BCUT2D eigenvalue weighted by molar-refractivity contribution is -0.138. The third-order valence-corrected chi connectivity index (χ3v) is 9.11. The molecule has 48 heavy (non-hydrogen) atoms. The van der Waals surface area contributed by atoms with Crippen molar-refractivity contribution in [2.24, 2.45) is 11.3 Å². The van der Waals surface area contributed by atoms with Gasteiger partial charge in [0.1, 0.15) is 28.5 Å². The van der Waals surface area contributed by atoms with Gasteiger partial charge in [0.2, 0.25) is 5.91 Å². The molecule has 7 heteroatoms. The summed E-state index contributed by atoms with van der Waals surface area (Å²) in [7, 11) is 1.70. The zero-order valence-corrected chi connectivity index (χ0v) is 29.1. The van der Waals surface area contributed by atoms with E-state index in [1.54, 1.807) is 45.2 Å². The summed E-state index contributed by atoms with van der Waals surface area (Å²) in [5.41, 5.74) is 3.32. The molecule has 5 rings (SSSR count). The van der Waals surface area contributed by atoms with E-state index < -0.39 is 5.54 Å². The third kappa shape index (κ3) is 8.97. The Morgan fingerprint density at radius 3 is 1.75 bits per heavy atom. The first-order chi connectivity index (χ1) is 22.8. The van der Waals surface area contributed by atoms with Crippen LogP contribution in [0, 0.1) is 11.3 Å². The fraction of sp³-hybridized carbons (Fsp3) is 0.366. The number of benzene rings is 4. The molecule has 0 bridgehead atoms. The number of esters is 1. The first-order valence-corrected chi connectivity index (χ1v) is 16.7. The van der Waals surface area contributed by atoms with Gasteiger partial charge in [-0.05, 0) is 140 Å². The van der Waals surface area contributed by atoms with Crippen molar-refractivity contribution >= 4 is 23.3 Å². The zero-order valence-electron chi connectivity index (χ0n) is 29.1. The molecule has 1 fully saturated rings. The van der Waals surface area contributed by atoms with Gasteiger partial charge in [0.05, 0.1) is 7.11 Å². The van der Waals surface area contributed by atoms with Crippen LogP contribution in [-0.4, -0.2) is 24.5 Å². The van der Waals surface area contributed by atoms with Gasteiger partial charge in [-0.15, -0.1) is 0 Å². The van der Waals surface area contributed by atoms with Gasteiger partial charge in [0.25, 0.3) is 0 Å². The molecule has 1 saturated carbocycles. The Balaban J connectivity index is 1.23. The number of hydrogen-bond acceptors (Lipinski definition) is 6. The lowest BCUT2D eigenvalue weighted by atomic mass is 9.73. The van der Waals surface area contributed by atoms with Gasteiger partial charge in [0, 0.05) is 18.3 Å². The van der Waals surface area contributed by atoms with Crippen molar-refractivity contribution in [3.63, 3.8) is 0 Å². The van der Waals surface area contributed by atoms with Crippen LogP contribution in [0.4, 0.5) is 11.4 Å². The summed E-state index contributed by atoms with van der Waals surface area (Å²) in [6.45, 7) is 12.2. The maximum absolute atomic E-state index is 13.3. The van der Waals surface area contributed by atoms with Crippen LogP contribution < -0.4 is 24.8 Å². The highest BCUT2D eigenvalue weighted by Crippen LogP contribution is 2.51.